The average Bonchev–Trinajstić information content (AvgIpc) is 2.41. The largest absolute Gasteiger partial charge is 0.384 e. The van der Waals surface area contributed by atoms with Gasteiger partial charge < -0.3 is 15.8 Å². The Labute approximate surface area is 126 Å². The molecule has 4 nitrogen and oxygen atoms in total. The SMILES string of the molecule is COCC1(CNC(=O)c2ccc(CN)cc2)CCC1.Cl. The van der Waals surface area contributed by atoms with Gasteiger partial charge in [-0.15, -0.1) is 12.4 Å². The predicted octanol–water partition coefficient (Wildman–Crippen LogP) is 2.11. The highest BCUT2D eigenvalue weighted by atomic mass is 35.5. The van der Waals surface area contributed by atoms with Gasteiger partial charge in [0.25, 0.3) is 5.91 Å². The maximum absolute atomic E-state index is 12.1. The van der Waals surface area contributed by atoms with Crippen LogP contribution in [0.4, 0.5) is 0 Å². The van der Waals surface area contributed by atoms with Crippen molar-refractivity contribution in [2.45, 2.75) is 25.8 Å². The van der Waals surface area contributed by atoms with E-state index in [-0.39, 0.29) is 23.7 Å². The molecule has 1 amide bonds. The van der Waals surface area contributed by atoms with Gasteiger partial charge in [-0.25, -0.2) is 0 Å². The standard InChI is InChI=1S/C15H22N2O2.ClH/c1-19-11-15(7-2-8-15)10-17-14(18)13-5-3-12(9-16)4-6-13;/h3-6H,2,7-11,16H2,1H3,(H,17,18);1H. The van der Waals surface area contributed by atoms with E-state index < -0.39 is 0 Å². The Hall–Kier alpha value is -1.10. The Morgan fingerprint density at radius 2 is 2.00 bits per heavy atom. The van der Waals surface area contributed by atoms with Crippen molar-refractivity contribution in [3.63, 3.8) is 0 Å². The summed E-state index contributed by atoms with van der Waals surface area (Å²) in [6, 6.07) is 7.43. The summed E-state index contributed by atoms with van der Waals surface area (Å²) in [5.74, 6) is -0.0223. The van der Waals surface area contributed by atoms with Crippen molar-refractivity contribution in [1.29, 1.82) is 0 Å². The lowest BCUT2D eigenvalue weighted by Crippen LogP contribution is -2.45. The summed E-state index contributed by atoms with van der Waals surface area (Å²) in [6.45, 7) is 1.91. The van der Waals surface area contributed by atoms with Gasteiger partial charge in [0.2, 0.25) is 0 Å². The minimum atomic E-state index is -0.0223. The number of carbonyl (C=O) groups excluding carboxylic acids is 1. The summed E-state index contributed by atoms with van der Waals surface area (Å²) in [5.41, 5.74) is 7.41. The Kier molecular flexibility index (Phi) is 6.46. The first kappa shape index (κ1) is 17.0. The van der Waals surface area contributed by atoms with Crippen LogP contribution >= 0.6 is 12.4 Å². The van der Waals surface area contributed by atoms with E-state index in [9.17, 15) is 4.79 Å². The normalized spacial score (nSPS) is 15.9. The maximum atomic E-state index is 12.1. The summed E-state index contributed by atoms with van der Waals surface area (Å²) in [4.78, 5) is 12.1. The summed E-state index contributed by atoms with van der Waals surface area (Å²) in [5, 5.41) is 3.01. The van der Waals surface area contributed by atoms with E-state index in [2.05, 4.69) is 5.32 Å². The molecule has 0 radical (unpaired) electrons. The monoisotopic (exact) mass is 298 g/mol. The molecule has 1 aromatic rings. The van der Waals surface area contributed by atoms with Crippen LogP contribution in [0, 0.1) is 5.41 Å². The van der Waals surface area contributed by atoms with Crippen LogP contribution in [-0.4, -0.2) is 26.2 Å². The first-order valence-electron chi connectivity index (χ1n) is 6.75. The van der Waals surface area contributed by atoms with Crippen LogP contribution in [0.25, 0.3) is 0 Å². The molecule has 3 N–H and O–H groups in total. The molecule has 0 atom stereocenters. The number of benzene rings is 1. The molecule has 0 saturated heterocycles. The van der Waals surface area contributed by atoms with Gasteiger partial charge in [-0.05, 0) is 30.5 Å². The summed E-state index contributed by atoms with van der Waals surface area (Å²) in [6.07, 6.45) is 3.49. The van der Waals surface area contributed by atoms with E-state index in [1.165, 1.54) is 6.42 Å². The summed E-state index contributed by atoms with van der Waals surface area (Å²) < 4.78 is 5.25. The first-order valence-corrected chi connectivity index (χ1v) is 6.75. The first-order chi connectivity index (χ1) is 9.19. The molecule has 1 fully saturated rings. The van der Waals surface area contributed by atoms with Crippen molar-refractivity contribution < 1.29 is 9.53 Å². The number of nitrogens with one attached hydrogen (secondary N) is 1. The van der Waals surface area contributed by atoms with Gasteiger partial charge >= 0.3 is 0 Å². The van der Waals surface area contributed by atoms with Crippen molar-refractivity contribution in [2.75, 3.05) is 20.3 Å². The third kappa shape index (κ3) is 3.95. The molecule has 1 aromatic carbocycles. The second kappa shape index (κ2) is 7.62. The fourth-order valence-corrected chi connectivity index (χ4v) is 2.52. The lowest BCUT2D eigenvalue weighted by Gasteiger charge is -2.41. The van der Waals surface area contributed by atoms with Crippen LogP contribution in [0.15, 0.2) is 24.3 Å². The number of ether oxygens (including phenoxy) is 1. The topological polar surface area (TPSA) is 64.3 Å². The number of nitrogens with two attached hydrogens (primary N) is 1. The Bertz CT molecular complexity index is 430. The van der Waals surface area contributed by atoms with E-state index in [1.807, 2.05) is 24.3 Å². The third-order valence-corrected chi connectivity index (χ3v) is 3.94. The fraction of sp³-hybridized carbons (Fsp3) is 0.533. The number of hydrogen-bond donors (Lipinski definition) is 2. The van der Waals surface area contributed by atoms with Crippen LogP contribution in [0.1, 0.15) is 35.2 Å². The molecule has 0 aliphatic heterocycles. The summed E-state index contributed by atoms with van der Waals surface area (Å²) in [7, 11) is 1.72. The zero-order valence-electron chi connectivity index (χ0n) is 11.9. The molecule has 0 heterocycles. The molecule has 5 heteroatoms. The van der Waals surface area contributed by atoms with Gasteiger partial charge in [-0.3, -0.25) is 4.79 Å². The molecule has 112 valence electrons. The van der Waals surface area contributed by atoms with Crippen LogP contribution < -0.4 is 11.1 Å². The zero-order valence-corrected chi connectivity index (χ0v) is 12.7. The molecule has 0 bridgehead atoms. The van der Waals surface area contributed by atoms with E-state index >= 15 is 0 Å². The Morgan fingerprint density at radius 3 is 2.45 bits per heavy atom. The average molecular weight is 299 g/mol. The van der Waals surface area contributed by atoms with Crippen molar-refractivity contribution in [3.05, 3.63) is 35.4 Å². The van der Waals surface area contributed by atoms with Crippen molar-refractivity contribution >= 4 is 18.3 Å². The van der Waals surface area contributed by atoms with E-state index in [4.69, 9.17) is 10.5 Å². The van der Waals surface area contributed by atoms with Crippen LogP contribution in [0.5, 0.6) is 0 Å². The predicted molar refractivity (Wildman–Crippen MR) is 82.1 cm³/mol. The number of methoxy groups -OCH3 is 1. The molecule has 2 rings (SSSR count). The van der Waals surface area contributed by atoms with E-state index in [1.54, 1.807) is 7.11 Å². The van der Waals surface area contributed by atoms with Crippen LogP contribution in [0.3, 0.4) is 0 Å². The second-order valence-electron chi connectivity index (χ2n) is 5.37. The van der Waals surface area contributed by atoms with Crippen molar-refractivity contribution in [2.24, 2.45) is 11.1 Å². The number of amides is 1. The third-order valence-electron chi connectivity index (χ3n) is 3.94. The second-order valence-corrected chi connectivity index (χ2v) is 5.37. The molecule has 0 unspecified atom stereocenters. The van der Waals surface area contributed by atoms with Crippen LogP contribution in [-0.2, 0) is 11.3 Å². The van der Waals surface area contributed by atoms with Gasteiger partial charge in [0, 0.05) is 31.2 Å². The molecular weight excluding hydrogens is 276 g/mol. The summed E-state index contributed by atoms with van der Waals surface area (Å²) >= 11 is 0. The molecular formula is C15H23ClN2O2. The van der Waals surface area contributed by atoms with Crippen LogP contribution in [0.2, 0.25) is 0 Å². The zero-order chi connectivity index (χ0) is 13.7. The molecule has 1 saturated carbocycles. The van der Waals surface area contributed by atoms with Gasteiger partial charge in [-0.2, -0.15) is 0 Å². The van der Waals surface area contributed by atoms with Gasteiger partial charge in [-0.1, -0.05) is 18.6 Å². The van der Waals surface area contributed by atoms with E-state index in [0.29, 0.717) is 18.7 Å². The number of halogens is 1. The number of rotatable bonds is 6. The highest BCUT2D eigenvalue weighted by Gasteiger charge is 2.37. The molecule has 20 heavy (non-hydrogen) atoms. The lowest BCUT2D eigenvalue weighted by atomic mass is 9.69. The number of carbonyl (C=O) groups is 1. The maximum Gasteiger partial charge on any atom is 0.251 e. The quantitative estimate of drug-likeness (QED) is 0.845. The highest BCUT2D eigenvalue weighted by Crippen LogP contribution is 2.40. The Morgan fingerprint density at radius 1 is 1.35 bits per heavy atom. The fourth-order valence-electron chi connectivity index (χ4n) is 2.52. The molecule has 1 aliphatic carbocycles. The smallest absolute Gasteiger partial charge is 0.251 e. The molecule has 0 aromatic heterocycles. The van der Waals surface area contributed by atoms with Crippen molar-refractivity contribution in [3.8, 4) is 0 Å². The molecule has 0 spiro atoms. The van der Waals surface area contributed by atoms with E-state index in [0.717, 1.165) is 25.0 Å². The molecule has 1 aliphatic rings. The van der Waals surface area contributed by atoms with Gasteiger partial charge in [0.1, 0.15) is 0 Å². The van der Waals surface area contributed by atoms with Gasteiger partial charge in [0.15, 0.2) is 0 Å². The Balaban J connectivity index is 0.00000200. The highest BCUT2D eigenvalue weighted by molar-refractivity contribution is 5.94. The van der Waals surface area contributed by atoms with Gasteiger partial charge in [0.05, 0.1) is 6.61 Å². The van der Waals surface area contributed by atoms with Crippen molar-refractivity contribution in [1.82, 2.24) is 5.32 Å². The minimum absolute atomic E-state index is 0. The lowest BCUT2D eigenvalue weighted by molar-refractivity contribution is 0.0180. The minimum Gasteiger partial charge on any atom is -0.384 e. The number of hydrogen-bond acceptors (Lipinski definition) is 3.